The van der Waals surface area contributed by atoms with Gasteiger partial charge in [-0.05, 0) is 32.9 Å². The fourth-order valence-corrected chi connectivity index (χ4v) is 2.63. The first kappa shape index (κ1) is 14.2. The van der Waals surface area contributed by atoms with Gasteiger partial charge >= 0.3 is 0 Å². The molecule has 7 heteroatoms. The third-order valence-corrected chi connectivity index (χ3v) is 4.14. The highest BCUT2D eigenvalue weighted by atomic mass is 16.5. The van der Waals surface area contributed by atoms with Crippen LogP contribution in [0.1, 0.15) is 19.7 Å². The Labute approximate surface area is 124 Å². The van der Waals surface area contributed by atoms with Gasteiger partial charge in [0.2, 0.25) is 0 Å². The van der Waals surface area contributed by atoms with Gasteiger partial charge in [0.15, 0.2) is 11.5 Å². The fraction of sp³-hybridized carbons (Fsp3) is 0.643. The van der Waals surface area contributed by atoms with E-state index in [9.17, 15) is 0 Å². The van der Waals surface area contributed by atoms with E-state index in [1.54, 1.807) is 4.52 Å². The first-order valence-corrected chi connectivity index (χ1v) is 7.42. The molecule has 0 bridgehead atoms. The zero-order valence-corrected chi connectivity index (χ0v) is 12.8. The summed E-state index contributed by atoms with van der Waals surface area (Å²) < 4.78 is 7.17. The number of aryl methyl sites for hydroxylation is 1. The van der Waals surface area contributed by atoms with Crippen LogP contribution in [0.3, 0.4) is 0 Å². The molecule has 0 spiro atoms. The van der Waals surface area contributed by atoms with E-state index < -0.39 is 0 Å². The van der Waals surface area contributed by atoms with E-state index in [4.69, 9.17) is 4.74 Å². The highest BCUT2D eigenvalue weighted by Crippen LogP contribution is 2.13. The van der Waals surface area contributed by atoms with Crippen molar-refractivity contribution in [1.29, 1.82) is 0 Å². The molecule has 2 atom stereocenters. The fourth-order valence-electron chi connectivity index (χ4n) is 2.63. The lowest BCUT2D eigenvalue weighted by atomic mass is 10.1. The number of hydrogen-bond donors (Lipinski definition) is 1. The first-order chi connectivity index (χ1) is 10.1. The van der Waals surface area contributed by atoms with E-state index in [1.807, 2.05) is 19.1 Å². The molecule has 0 aliphatic carbocycles. The molecule has 114 valence electrons. The van der Waals surface area contributed by atoms with E-state index >= 15 is 0 Å². The normalized spacial score (nSPS) is 19.6. The molecule has 1 saturated heterocycles. The van der Waals surface area contributed by atoms with Gasteiger partial charge in [-0.2, -0.15) is 4.52 Å². The second kappa shape index (κ2) is 5.95. The number of nitrogens with zero attached hydrogens (tertiary/aromatic N) is 5. The van der Waals surface area contributed by atoms with Gasteiger partial charge in [0.25, 0.3) is 0 Å². The Morgan fingerprint density at radius 2 is 1.95 bits per heavy atom. The standard InChI is InChI=1S/C14H22N6O/c1-10(11(2)19-6-8-21-9-7-19)15-13-4-5-14-17-16-12(3)20(14)18-13/h4-5,10-11H,6-9H2,1-3H3,(H,15,18). The zero-order chi connectivity index (χ0) is 14.8. The van der Waals surface area contributed by atoms with Crippen molar-refractivity contribution in [2.45, 2.75) is 32.9 Å². The smallest absolute Gasteiger partial charge is 0.178 e. The summed E-state index contributed by atoms with van der Waals surface area (Å²) in [6, 6.07) is 4.60. The third-order valence-electron chi connectivity index (χ3n) is 4.14. The highest BCUT2D eigenvalue weighted by molar-refractivity contribution is 5.44. The summed E-state index contributed by atoms with van der Waals surface area (Å²) in [4.78, 5) is 2.45. The number of fused-ring (bicyclic) bond motifs is 1. The zero-order valence-electron chi connectivity index (χ0n) is 12.8. The second-order valence-corrected chi connectivity index (χ2v) is 5.56. The van der Waals surface area contributed by atoms with Crippen molar-refractivity contribution >= 4 is 11.5 Å². The van der Waals surface area contributed by atoms with Crippen LogP contribution in [-0.2, 0) is 4.74 Å². The number of aromatic nitrogens is 4. The molecular formula is C14H22N6O. The first-order valence-electron chi connectivity index (χ1n) is 7.42. The average molecular weight is 290 g/mol. The van der Waals surface area contributed by atoms with Crippen LogP contribution in [0.2, 0.25) is 0 Å². The molecule has 0 aromatic carbocycles. The Morgan fingerprint density at radius 1 is 1.19 bits per heavy atom. The lowest BCUT2D eigenvalue weighted by Crippen LogP contribution is -2.48. The predicted molar refractivity (Wildman–Crippen MR) is 80.5 cm³/mol. The van der Waals surface area contributed by atoms with Crippen molar-refractivity contribution in [1.82, 2.24) is 24.7 Å². The Morgan fingerprint density at radius 3 is 2.71 bits per heavy atom. The molecule has 2 aromatic heterocycles. The summed E-state index contributed by atoms with van der Waals surface area (Å²) in [5.41, 5.74) is 0.770. The van der Waals surface area contributed by atoms with E-state index in [0.29, 0.717) is 12.1 Å². The van der Waals surface area contributed by atoms with Gasteiger partial charge in [-0.25, -0.2) is 0 Å². The molecule has 21 heavy (non-hydrogen) atoms. The minimum Gasteiger partial charge on any atom is -0.379 e. The highest BCUT2D eigenvalue weighted by Gasteiger charge is 2.22. The summed E-state index contributed by atoms with van der Waals surface area (Å²) in [6.45, 7) is 9.95. The van der Waals surface area contributed by atoms with Crippen molar-refractivity contribution < 1.29 is 4.74 Å². The molecule has 1 fully saturated rings. The molecule has 0 amide bonds. The summed E-state index contributed by atoms with van der Waals surface area (Å²) in [7, 11) is 0. The van der Waals surface area contributed by atoms with E-state index in [2.05, 4.69) is 39.4 Å². The maximum Gasteiger partial charge on any atom is 0.178 e. The number of ether oxygens (including phenoxy) is 1. The largest absolute Gasteiger partial charge is 0.379 e. The van der Waals surface area contributed by atoms with Crippen molar-refractivity contribution in [3.05, 3.63) is 18.0 Å². The Hall–Kier alpha value is -1.73. The van der Waals surface area contributed by atoms with Crippen molar-refractivity contribution in [2.24, 2.45) is 0 Å². The van der Waals surface area contributed by atoms with Crippen LogP contribution in [-0.4, -0.2) is 63.1 Å². The van der Waals surface area contributed by atoms with Gasteiger partial charge in [-0.1, -0.05) is 0 Å². The van der Waals surface area contributed by atoms with Gasteiger partial charge < -0.3 is 10.1 Å². The topological polar surface area (TPSA) is 67.6 Å². The van der Waals surface area contributed by atoms with Crippen LogP contribution in [0.4, 0.5) is 5.82 Å². The predicted octanol–water partition coefficient (Wildman–Crippen LogP) is 0.954. The monoisotopic (exact) mass is 290 g/mol. The number of anilines is 1. The van der Waals surface area contributed by atoms with Gasteiger partial charge in [-0.15, -0.1) is 15.3 Å². The molecule has 7 nitrogen and oxygen atoms in total. The molecule has 2 unspecified atom stereocenters. The Kier molecular flexibility index (Phi) is 4.03. The van der Waals surface area contributed by atoms with E-state index in [1.165, 1.54) is 0 Å². The molecule has 3 heterocycles. The van der Waals surface area contributed by atoms with Crippen LogP contribution in [0, 0.1) is 6.92 Å². The van der Waals surface area contributed by atoms with Gasteiger partial charge in [0.05, 0.1) is 13.2 Å². The van der Waals surface area contributed by atoms with Crippen LogP contribution in [0.5, 0.6) is 0 Å². The maximum atomic E-state index is 5.41. The summed E-state index contributed by atoms with van der Waals surface area (Å²) in [5.74, 6) is 1.64. The lowest BCUT2D eigenvalue weighted by Gasteiger charge is -2.36. The number of rotatable bonds is 4. The minimum atomic E-state index is 0.296. The molecule has 3 rings (SSSR count). The SMILES string of the molecule is Cc1nnc2ccc(NC(C)C(C)N3CCOCC3)nn12. The third kappa shape index (κ3) is 2.98. The molecular weight excluding hydrogens is 268 g/mol. The van der Waals surface area contributed by atoms with Crippen LogP contribution < -0.4 is 5.32 Å². The molecule has 1 aliphatic rings. The number of nitrogens with one attached hydrogen (secondary N) is 1. The quantitative estimate of drug-likeness (QED) is 0.904. The summed E-state index contributed by atoms with van der Waals surface area (Å²) in [6.07, 6.45) is 0. The van der Waals surface area contributed by atoms with Crippen molar-refractivity contribution in [2.75, 3.05) is 31.6 Å². The van der Waals surface area contributed by atoms with Gasteiger partial charge in [0.1, 0.15) is 5.82 Å². The summed E-state index contributed by atoms with van der Waals surface area (Å²) >= 11 is 0. The summed E-state index contributed by atoms with van der Waals surface area (Å²) in [5, 5.41) is 16.1. The second-order valence-electron chi connectivity index (χ2n) is 5.56. The molecule has 0 radical (unpaired) electrons. The van der Waals surface area contributed by atoms with Crippen LogP contribution in [0.15, 0.2) is 12.1 Å². The van der Waals surface area contributed by atoms with Crippen molar-refractivity contribution in [3.63, 3.8) is 0 Å². The van der Waals surface area contributed by atoms with E-state index in [-0.39, 0.29) is 0 Å². The Balaban J connectivity index is 1.69. The van der Waals surface area contributed by atoms with E-state index in [0.717, 1.165) is 43.6 Å². The number of morpholine rings is 1. The van der Waals surface area contributed by atoms with Crippen LogP contribution >= 0.6 is 0 Å². The minimum absolute atomic E-state index is 0.296. The van der Waals surface area contributed by atoms with Crippen LogP contribution in [0.25, 0.3) is 5.65 Å². The maximum absolute atomic E-state index is 5.41. The van der Waals surface area contributed by atoms with Gasteiger partial charge in [0, 0.05) is 25.2 Å². The number of hydrogen-bond acceptors (Lipinski definition) is 6. The molecule has 1 N–H and O–H groups in total. The molecule has 1 aliphatic heterocycles. The van der Waals surface area contributed by atoms with Gasteiger partial charge in [-0.3, -0.25) is 4.90 Å². The lowest BCUT2D eigenvalue weighted by molar-refractivity contribution is 0.0175. The molecule has 0 saturated carbocycles. The van der Waals surface area contributed by atoms with Crippen molar-refractivity contribution in [3.8, 4) is 0 Å². The molecule has 2 aromatic rings. The Bertz CT molecular complexity index is 607. The average Bonchev–Trinajstić information content (AvgIpc) is 2.88.